The maximum Gasteiger partial charge on any atom is 0.295 e. The Labute approximate surface area is 101 Å². The van der Waals surface area contributed by atoms with Gasteiger partial charge in [0.25, 0.3) is 6.01 Å². The molecule has 4 nitrogen and oxygen atoms in total. The smallest absolute Gasteiger partial charge is 0.295 e. The zero-order valence-corrected chi connectivity index (χ0v) is 10.4. The van der Waals surface area contributed by atoms with Crippen LogP contribution in [0.4, 0.5) is 6.01 Å². The normalized spacial score (nSPS) is 11.9. The summed E-state index contributed by atoms with van der Waals surface area (Å²) in [5.74, 6) is 0. The maximum atomic E-state index is 5.59. The van der Waals surface area contributed by atoms with Crippen molar-refractivity contribution in [2.75, 3.05) is 18.4 Å². The molecule has 92 valence electrons. The molecule has 3 N–H and O–H groups in total. The minimum absolute atomic E-state index is 0.148. The van der Waals surface area contributed by atoms with Gasteiger partial charge in [-0.1, -0.05) is 26.0 Å². The molecule has 0 amide bonds. The summed E-state index contributed by atoms with van der Waals surface area (Å²) in [6.45, 7) is 5.85. The van der Waals surface area contributed by atoms with Crippen LogP contribution >= 0.6 is 0 Å². The molecule has 0 atom stereocenters. The minimum atomic E-state index is 0.148. The molecule has 0 saturated carbocycles. The van der Waals surface area contributed by atoms with Gasteiger partial charge in [0.15, 0.2) is 5.58 Å². The van der Waals surface area contributed by atoms with Crippen LogP contribution in [0, 0.1) is 5.41 Å². The maximum absolute atomic E-state index is 5.59. The SMILES string of the molecule is CC(C)(CCN)CNc1nc2ccccc2o1. The lowest BCUT2D eigenvalue weighted by Crippen LogP contribution is -2.26. The van der Waals surface area contributed by atoms with Crippen LogP contribution in [0.1, 0.15) is 20.3 Å². The first-order valence-electron chi connectivity index (χ1n) is 5.90. The Morgan fingerprint density at radius 1 is 1.35 bits per heavy atom. The zero-order valence-electron chi connectivity index (χ0n) is 10.4. The van der Waals surface area contributed by atoms with Gasteiger partial charge in [-0.15, -0.1) is 0 Å². The number of nitrogens with one attached hydrogen (secondary N) is 1. The van der Waals surface area contributed by atoms with Crippen LogP contribution in [-0.2, 0) is 0 Å². The quantitative estimate of drug-likeness (QED) is 0.833. The summed E-state index contributed by atoms with van der Waals surface area (Å²) in [4.78, 5) is 4.37. The molecule has 1 heterocycles. The highest BCUT2D eigenvalue weighted by molar-refractivity contribution is 5.74. The fourth-order valence-electron chi connectivity index (χ4n) is 1.74. The number of oxazole rings is 1. The summed E-state index contributed by atoms with van der Waals surface area (Å²) in [5, 5.41) is 3.23. The van der Waals surface area contributed by atoms with E-state index in [-0.39, 0.29) is 5.41 Å². The van der Waals surface area contributed by atoms with Crippen LogP contribution in [0.5, 0.6) is 0 Å². The number of hydrogen-bond donors (Lipinski definition) is 2. The molecule has 0 aliphatic heterocycles. The Kier molecular flexibility index (Phi) is 3.33. The van der Waals surface area contributed by atoms with Crippen LogP contribution in [0.15, 0.2) is 28.7 Å². The lowest BCUT2D eigenvalue weighted by molar-refractivity contribution is 0.361. The Bertz CT molecular complexity index is 457. The predicted octanol–water partition coefficient (Wildman–Crippen LogP) is 2.61. The predicted molar refractivity (Wildman–Crippen MR) is 70.0 cm³/mol. The minimum Gasteiger partial charge on any atom is -0.424 e. The lowest BCUT2D eigenvalue weighted by atomic mass is 9.89. The second-order valence-corrected chi connectivity index (χ2v) is 5.04. The second kappa shape index (κ2) is 4.75. The van der Waals surface area contributed by atoms with E-state index in [9.17, 15) is 0 Å². The molecule has 0 spiro atoms. The highest BCUT2D eigenvalue weighted by atomic mass is 16.4. The van der Waals surface area contributed by atoms with E-state index in [1.165, 1.54) is 0 Å². The Morgan fingerprint density at radius 2 is 2.12 bits per heavy atom. The summed E-state index contributed by atoms with van der Waals surface area (Å²) in [6, 6.07) is 8.33. The van der Waals surface area contributed by atoms with Crippen molar-refractivity contribution in [3.05, 3.63) is 24.3 Å². The highest BCUT2D eigenvalue weighted by Crippen LogP contribution is 2.22. The molecule has 2 aromatic rings. The molecule has 0 aliphatic carbocycles. The molecule has 0 fully saturated rings. The van der Waals surface area contributed by atoms with Crippen LogP contribution < -0.4 is 11.1 Å². The third-order valence-electron chi connectivity index (χ3n) is 2.83. The van der Waals surface area contributed by atoms with Crippen molar-refractivity contribution in [3.63, 3.8) is 0 Å². The molecular weight excluding hydrogens is 214 g/mol. The van der Waals surface area contributed by atoms with E-state index in [1.54, 1.807) is 0 Å². The van der Waals surface area contributed by atoms with Gasteiger partial charge in [-0.2, -0.15) is 4.98 Å². The topological polar surface area (TPSA) is 64.1 Å². The van der Waals surface area contributed by atoms with Crippen molar-refractivity contribution >= 4 is 17.1 Å². The molecular formula is C13H19N3O. The standard InChI is InChI=1S/C13H19N3O/c1-13(2,7-8-14)9-15-12-16-10-5-3-4-6-11(10)17-12/h3-6H,7-9,14H2,1-2H3,(H,15,16). The Balaban J connectivity index is 2.04. The van der Waals surface area contributed by atoms with Gasteiger partial charge in [0.1, 0.15) is 5.52 Å². The second-order valence-electron chi connectivity index (χ2n) is 5.04. The van der Waals surface area contributed by atoms with E-state index in [4.69, 9.17) is 10.2 Å². The van der Waals surface area contributed by atoms with Crippen LogP contribution in [0.3, 0.4) is 0 Å². The van der Waals surface area contributed by atoms with Gasteiger partial charge in [0.05, 0.1) is 0 Å². The molecule has 0 aliphatic rings. The zero-order chi connectivity index (χ0) is 12.3. The summed E-state index contributed by atoms with van der Waals surface area (Å²) >= 11 is 0. The Morgan fingerprint density at radius 3 is 2.82 bits per heavy atom. The van der Waals surface area contributed by atoms with Gasteiger partial charge in [-0.3, -0.25) is 0 Å². The van der Waals surface area contributed by atoms with Crippen LogP contribution in [0.25, 0.3) is 11.1 Å². The number of nitrogens with two attached hydrogens (primary N) is 1. The summed E-state index contributed by atoms with van der Waals surface area (Å²) in [5.41, 5.74) is 7.42. The number of fused-ring (bicyclic) bond motifs is 1. The third kappa shape index (κ3) is 2.97. The number of aromatic nitrogens is 1. The van der Waals surface area contributed by atoms with E-state index in [2.05, 4.69) is 24.1 Å². The summed E-state index contributed by atoms with van der Waals surface area (Å²) in [6.07, 6.45) is 0.972. The van der Waals surface area contributed by atoms with E-state index >= 15 is 0 Å². The van der Waals surface area contributed by atoms with Crippen molar-refractivity contribution in [1.29, 1.82) is 0 Å². The molecule has 1 aromatic carbocycles. The van der Waals surface area contributed by atoms with Crippen molar-refractivity contribution in [2.24, 2.45) is 11.1 Å². The monoisotopic (exact) mass is 233 g/mol. The van der Waals surface area contributed by atoms with Gasteiger partial charge in [0, 0.05) is 6.54 Å². The van der Waals surface area contributed by atoms with Crippen molar-refractivity contribution < 1.29 is 4.42 Å². The summed E-state index contributed by atoms with van der Waals surface area (Å²) in [7, 11) is 0. The van der Waals surface area contributed by atoms with Gasteiger partial charge in [-0.25, -0.2) is 0 Å². The fraction of sp³-hybridized carbons (Fsp3) is 0.462. The van der Waals surface area contributed by atoms with Gasteiger partial charge in [-0.05, 0) is 30.5 Å². The average Bonchev–Trinajstić information content (AvgIpc) is 2.69. The van der Waals surface area contributed by atoms with E-state index in [0.29, 0.717) is 12.6 Å². The van der Waals surface area contributed by atoms with E-state index < -0.39 is 0 Å². The average molecular weight is 233 g/mol. The molecule has 0 radical (unpaired) electrons. The molecule has 4 heteroatoms. The van der Waals surface area contributed by atoms with Gasteiger partial charge >= 0.3 is 0 Å². The number of para-hydroxylation sites is 2. The number of rotatable bonds is 5. The molecule has 17 heavy (non-hydrogen) atoms. The van der Waals surface area contributed by atoms with Crippen molar-refractivity contribution in [3.8, 4) is 0 Å². The van der Waals surface area contributed by atoms with E-state index in [0.717, 1.165) is 24.1 Å². The molecule has 0 unspecified atom stereocenters. The van der Waals surface area contributed by atoms with Gasteiger partial charge < -0.3 is 15.5 Å². The molecule has 0 bridgehead atoms. The fourth-order valence-corrected chi connectivity index (χ4v) is 1.74. The lowest BCUT2D eigenvalue weighted by Gasteiger charge is -2.23. The largest absolute Gasteiger partial charge is 0.424 e. The highest BCUT2D eigenvalue weighted by Gasteiger charge is 2.17. The van der Waals surface area contributed by atoms with Crippen LogP contribution in [-0.4, -0.2) is 18.1 Å². The third-order valence-corrected chi connectivity index (χ3v) is 2.83. The molecule has 1 aromatic heterocycles. The number of nitrogens with zero attached hydrogens (tertiary/aromatic N) is 1. The van der Waals surface area contributed by atoms with E-state index in [1.807, 2.05) is 24.3 Å². The van der Waals surface area contributed by atoms with Gasteiger partial charge in [0.2, 0.25) is 0 Å². The number of hydrogen-bond acceptors (Lipinski definition) is 4. The van der Waals surface area contributed by atoms with Crippen molar-refractivity contribution in [2.45, 2.75) is 20.3 Å². The van der Waals surface area contributed by atoms with Crippen molar-refractivity contribution in [1.82, 2.24) is 4.98 Å². The molecule has 2 rings (SSSR count). The molecule has 0 saturated heterocycles. The number of benzene rings is 1. The van der Waals surface area contributed by atoms with Crippen LogP contribution in [0.2, 0.25) is 0 Å². The first-order valence-corrected chi connectivity index (χ1v) is 5.90. The first kappa shape index (κ1) is 11.9. The first-order chi connectivity index (χ1) is 8.11. The summed E-state index contributed by atoms with van der Waals surface area (Å²) < 4.78 is 5.59. The Hall–Kier alpha value is -1.55. The number of anilines is 1.